The third kappa shape index (κ3) is 5.61. The molecule has 0 unspecified atom stereocenters. The van der Waals surface area contributed by atoms with E-state index in [0.717, 1.165) is 11.3 Å². The third-order valence-electron chi connectivity index (χ3n) is 2.00. The predicted molar refractivity (Wildman–Crippen MR) is 66.9 cm³/mol. The van der Waals surface area contributed by atoms with Crippen LogP contribution < -0.4 is 4.74 Å². The van der Waals surface area contributed by atoms with Gasteiger partial charge >= 0.3 is 0 Å². The Labute approximate surface area is 100 Å². The lowest BCUT2D eigenvalue weighted by Gasteiger charge is -2.05. The minimum Gasteiger partial charge on any atom is -0.491 e. The van der Waals surface area contributed by atoms with Crippen molar-refractivity contribution in [1.29, 1.82) is 0 Å². The summed E-state index contributed by atoms with van der Waals surface area (Å²) in [4.78, 5) is 2.66. The maximum absolute atomic E-state index is 8.10. The van der Waals surface area contributed by atoms with E-state index < -0.39 is 0 Å². The lowest BCUT2D eigenvalue weighted by molar-refractivity contribution is 0.146. The van der Waals surface area contributed by atoms with Crippen LogP contribution in [-0.2, 0) is 4.74 Å². The summed E-state index contributed by atoms with van der Waals surface area (Å²) in [6.07, 6.45) is 3.70. The van der Waals surface area contributed by atoms with E-state index in [1.54, 1.807) is 13.2 Å². The van der Waals surface area contributed by atoms with Gasteiger partial charge in [-0.25, -0.2) is 0 Å². The Bertz CT molecular complexity index is 395. The fourth-order valence-corrected chi connectivity index (χ4v) is 1.19. The fraction of sp³-hybridized carbons (Fsp3) is 0.333. The number of hydrogen-bond acceptors (Lipinski definition) is 3. The molecule has 0 saturated carbocycles. The van der Waals surface area contributed by atoms with E-state index in [4.69, 9.17) is 15.0 Å². The molecule has 5 nitrogen and oxygen atoms in total. The van der Waals surface area contributed by atoms with Crippen molar-refractivity contribution in [3.63, 3.8) is 0 Å². The van der Waals surface area contributed by atoms with Crippen molar-refractivity contribution in [2.24, 2.45) is 5.11 Å². The molecule has 0 amide bonds. The standard InChI is InChI=1S/C12H15N3O2/c1-16-9-10-17-12-6-4-11(5-7-12)3-2-8-14-15-13/h2-7H,8-10H2,1H3. The minimum absolute atomic E-state index is 0.364. The molecule has 1 rings (SSSR count). The molecule has 0 aliphatic rings. The quantitative estimate of drug-likeness (QED) is 0.314. The van der Waals surface area contributed by atoms with Crippen molar-refractivity contribution >= 4 is 6.08 Å². The van der Waals surface area contributed by atoms with Crippen LogP contribution in [0.1, 0.15) is 5.56 Å². The largest absolute Gasteiger partial charge is 0.491 e. The van der Waals surface area contributed by atoms with E-state index in [-0.39, 0.29) is 0 Å². The molecule has 0 atom stereocenters. The van der Waals surface area contributed by atoms with Crippen molar-refractivity contribution in [3.05, 3.63) is 46.3 Å². The fourth-order valence-electron chi connectivity index (χ4n) is 1.19. The SMILES string of the molecule is COCCOc1ccc(C=CCN=[N+]=[N-])cc1. The number of benzene rings is 1. The van der Waals surface area contributed by atoms with Crippen LogP contribution in [0, 0.1) is 0 Å². The maximum atomic E-state index is 8.10. The monoisotopic (exact) mass is 233 g/mol. The molecule has 1 aromatic carbocycles. The molecule has 0 spiro atoms. The highest BCUT2D eigenvalue weighted by Gasteiger charge is 1.92. The average molecular weight is 233 g/mol. The van der Waals surface area contributed by atoms with E-state index in [1.165, 1.54) is 0 Å². The molecule has 90 valence electrons. The van der Waals surface area contributed by atoms with E-state index in [0.29, 0.717) is 19.8 Å². The highest BCUT2D eigenvalue weighted by Crippen LogP contribution is 2.13. The molecule has 0 heterocycles. The van der Waals surface area contributed by atoms with Crippen LogP contribution in [0.15, 0.2) is 35.5 Å². The van der Waals surface area contributed by atoms with Crippen molar-refractivity contribution in [2.45, 2.75) is 0 Å². The lowest BCUT2D eigenvalue weighted by Crippen LogP contribution is -2.03. The highest BCUT2D eigenvalue weighted by molar-refractivity contribution is 5.50. The van der Waals surface area contributed by atoms with Gasteiger partial charge in [0.2, 0.25) is 0 Å². The summed E-state index contributed by atoms with van der Waals surface area (Å²) in [6.45, 7) is 1.49. The van der Waals surface area contributed by atoms with Crippen LogP contribution in [0.4, 0.5) is 0 Å². The Morgan fingerprint density at radius 1 is 1.29 bits per heavy atom. The Kier molecular flexibility index (Phi) is 6.33. The zero-order valence-corrected chi connectivity index (χ0v) is 9.74. The van der Waals surface area contributed by atoms with Crippen LogP contribution in [0.2, 0.25) is 0 Å². The number of azide groups is 1. The van der Waals surface area contributed by atoms with Gasteiger partial charge in [-0.1, -0.05) is 29.4 Å². The Morgan fingerprint density at radius 2 is 2.06 bits per heavy atom. The van der Waals surface area contributed by atoms with Gasteiger partial charge in [0, 0.05) is 18.6 Å². The topological polar surface area (TPSA) is 67.2 Å². The number of methoxy groups -OCH3 is 1. The van der Waals surface area contributed by atoms with Gasteiger partial charge in [-0.2, -0.15) is 0 Å². The molecular weight excluding hydrogens is 218 g/mol. The summed E-state index contributed by atoms with van der Waals surface area (Å²) in [7, 11) is 1.64. The Balaban J connectivity index is 2.44. The Morgan fingerprint density at radius 3 is 2.71 bits per heavy atom. The summed E-state index contributed by atoms with van der Waals surface area (Å²) >= 11 is 0. The first-order valence-electron chi connectivity index (χ1n) is 5.26. The zero-order valence-electron chi connectivity index (χ0n) is 9.74. The van der Waals surface area contributed by atoms with Gasteiger partial charge < -0.3 is 9.47 Å². The second-order valence-electron chi connectivity index (χ2n) is 3.23. The first-order chi connectivity index (χ1) is 8.36. The van der Waals surface area contributed by atoms with Crippen LogP contribution in [-0.4, -0.2) is 26.9 Å². The third-order valence-corrected chi connectivity index (χ3v) is 2.00. The smallest absolute Gasteiger partial charge is 0.119 e. The van der Waals surface area contributed by atoms with Gasteiger partial charge in [0.1, 0.15) is 12.4 Å². The van der Waals surface area contributed by atoms with Crippen LogP contribution in [0.5, 0.6) is 5.75 Å². The van der Waals surface area contributed by atoms with Crippen LogP contribution in [0.25, 0.3) is 16.5 Å². The predicted octanol–water partition coefficient (Wildman–Crippen LogP) is 3.04. The highest BCUT2D eigenvalue weighted by atomic mass is 16.5. The number of nitrogens with zero attached hydrogens (tertiary/aromatic N) is 3. The van der Waals surface area contributed by atoms with Crippen LogP contribution in [0.3, 0.4) is 0 Å². The van der Waals surface area contributed by atoms with Crippen molar-refractivity contribution < 1.29 is 9.47 Å². The summed E-state index contributed by atoms with van der Waals surface area (Å²) in [5.74, 6) is 0.814. The van der Waals surface area contributed by atoms with E-state index >= 15 is 0 Å². The molecule has 0 aromatic heterocycles. The normalized spacial score (nSPS) is 10.2. The van der Waals surface area contributed by atoms with Gasteiger partial charge in [-0.15, -0.1) is 0 Å². The molecule has 5 heteroatoms. The number of hydrogen-bond donors (Lipinski definition) is 0. The summed E-state index contributed by atoms with van der Waals surface area (Å²) < 4.78 is 10.3. The minimum atomic E-state index is 0.364. The van der Waals surface area contributed by atoms with Crippen molar-refractivity contribution in [1.82, 2.24) is 0 Å². The van der Waals surface area contributed by atoms with Gasteiger partial charge in [0.05, 0.1) is 6.61 Å². The van der Waals surface area contributed by atoms with Gasteiger partial charge in [-0.3, -0.25) is 0 Å². The molecule has 17 heavy (non-hydrogen) atoms. The Hall–Kier alpha value is -1.97. The van der Waals surface area contributed by atoms with E-state index in [2.05, 4.69) is 10.0 Å². The molecule has 0 fully saturated rings. The molecule has 0 aliphatic heterocycles. The molecule has 1 aromatic rings. The summed E-state index contributed by atoms with van der Waals surface area (Å²) in [5.41, 5.74) is 9.14. The first kappa shape index (κ1) is 13.1. The van der Waals surface area contributed by atoms with Crippen molar-refractivity contribution in [3.8, 4) is 5.75 Å². The second-order valence-corrected chi connectivity index (χ2v) is 3.23. The van der Waals surface area contributed by atoms with Gasteiger partial charge in [-0.05, 0) is 23.2 Å². The first-order valence-corrected chi connectivity index (χ1v) is 5.26. The summed E-state index contributed by atoms with van der Waals surface area (Å²) in [6, 6.07) is 7.66. The average Bonchev–Trinajstić information content (AvgIpc) is 2.37. The summed E-state index contributed by atoms with van der Waals surface area (Å²) in [5, 5.41) is 3.41. The molecule has 0 N–H and O–H groups in total. The van der Waals surface area contributed by atoms with E-state index in [1.807, 2.05) is 30.3 Å². The van der Waals surface area contributed by atoms with Crippen molar-refractivity contribution in [2.75, 3.05) is 26.9 Å². The maximum Gasteiger partial charge on any atom is 0.119 e. The molecule has 0 saturated heterocycles. The second kappa shape index (κ2) is 8.21. The molecule has 0 bridgehead atoms. The van der Waals surface area contributed by atoms with E-state index in [9.17, 15) is 0 Å². The zero-order chi connectivity index (χ0) is 12.3. The van der Waals surface area contributed by atoms with Gasteiger partial charge in [0.15, 0.2) is 0 Å². The lowest BCUT2D eigenvalue weighted by atomic mass is 10.2. The molecule has 0 radical (unpaired) electrons. The molecule has 0 aliphatic carbocycles. The van der Waals surface area contributed by atoms with Crippen LogP contribution >= 0.6 is 0 Å². The molecular formula is C12H15N3O2. The van der Waals surface area contributed by atoms with Gasteiger partial charge in [0.25, 0.3) is 0 Å². The number of rotatable bonds is 7. The number of ether oxygens (including phenoxy) is 2.